The zero-order valence-electron chi connectivity index (χ0n) is 18.2. The number of nitrogens with one attached hydrogen (secondary N) is 2. The maximum atomic E-state index is 12.0. The number of pyridine rings is 1. The second-order valence-electron chi connectivity index (χ2n) is 7.10. The fourth-order valence-electron chi connectivity index (χ4n) is 3.39. The van der Waals surface area contributed by atoms with Crippen molar-refractivity contribution in [1.82, 2.24) is 15.3 Å². The van der Waals surface area contributed by atoms with Crippen LogP contribution in [0.1, 0.15) is 18.9 Å². The van der Waals surface area contributed by atoms with Crippen LogP contribution in [-0.2, 0) is 9.53 Å². The molecule has 2 amide bonds. The molecule has 0 saturated carbocycles. The molecule has 3 aromatic rings. The molecule has 1 aromatic carbocycles. The summed E-state index contributed by atoms with van der Waals surface area (Å²) in [6.45, 7) is 2.38. The first kappa shape index (κ1) is 22.2. The number of carbonyl (C=O) groups excluding carboxylic acids is 2. The molecule has 0 spiro atoms. The maximum absolute atomic E-state index is 12.0. The number of fused-ring (bicyclic) bond motifs is 1. The molecule has 0 aliphatic heterocycles. The molecule has 1 aliphatic carbocycles. The molecular weight excluding hydrogens is 436 g/mol. The molecule has 2 aromatic heterocycles. The number of benzene rings is 1. The first-order chi connectivity index (χ1) is 16.1. The summed E-state index contributed by atoms with van der Waals surface area (Å²) < 4.78 is 5.78. The lowest BCUT2D eigenvalue weighted by Gasteiger charge is -2.09. The van der Waals surface area contributed by atoms with E-state index in [-0.39, 0.29) is 6.03 Å². The molecule has 33 heavy (non-hydrogen) atoms. The molecule has 4 rings (SSSR count). The van der Waals surface area contributed by atoms with Crippen LogP contribution in [0.3, 0.4) is 0 Å². The van der Waals surface area contributed by atoms with Gasteiger partial charge in [0, 0.05) is 30.1 Å². The Hall–Kier alpha value is -4.00. The van der Waals surface area contributed by atoms with Crippen molar-refractivity contribution >= 4 is 44.3 Å². The normalized spacial score (nSPS) is 13.0. The first-order valence-corrected chi connectivity index (χ1v) is 11.2. The average Bonchev–Trinajstić information content (AvgIpc) is 3.21. The van der Waals surface area contributed by atoms with E-state index < -0.39 is 5.97 Å². The Balaban J connectivity index is 1.80. The molecule has 166 valence electrons. The number of urea groups is 1. The van der Waals surface area contributed by atoms with Crippen molar-refractivity contribution in [3.63, 3.8) is 0 Å². The Morgan fingerprint density at radius 1 is 1.24 bits per heavy atom. The van der Waals surface area contributed by atoms with Gasteiger partial charge in [-0.1, -0.05) is 29.6 Å². The number of thiazole rings is 1. The summed E-state index contributed by atoms with van der Waals surface area (Å²) in [6.07, 6.45) is 11.6. The number of allylic oxidation sites excluding steroid dienone is 3. The number of rotatable bonds is 5. The highest BCUT2D eigenvalue weighted by Crippen LogP contribution is 2.38. The lowest BCUT2D eigenvalue weighted by Crippen LogP contribution is -2.28. The molecule has 0 atom stereocenters. The van der Waals surface area contributed by atoms with Gasteiger partial charge in [-0.2, -0.15) is 0 Å². The van der Waals surface area contributed by atoms with Crippen LogP contribution in [0, 0.1) is 0 Å². The van der Waals surface area contributed by atoms with Gasteiger partial charge in [-0.25, -0.2) is 14.6 Å². The van der Waals surface area contributed by atoms with Crippen LogP contribution in [0.4, 0.5) is 9.93 Å². The van der Waals surface area contributed by atoms with E-state index in [0.717, 1.165) is 32.5 Å². The number of esters is 1. The number of anilines is 1. The van der Waals surface area contributed by atoms with Gasteiger partial charge in [0.15, 0.2) is 5.13 Å². The summed E-state index contributed by atoms with van der Waals surface area (Å²) in [6, 6.07) is 7.65. The van der Waals surface area contributed by atoms with Gasteiger partial charge < -0.3 is 10.1 Å². The Bertz CT molecular complexity index is 1330. The number of carbonyl (C=O) groups is 2. The molecule has 8 heteroatoms. The SMILES string of the molecule is CCNC(=O)Nc1nc2cc(C3=CCC=C=C(C(=O)OC)C=C3)cc(-c3cccnc3)c2s1. The minimum atomic E-state index is -0.434. The van der Waals surface area contributed by atoms with Gasteiger partial charge >= 0.3 is 12.0 Å². The standard InChI is InChI=1S/C25H22N4O3S/c1-3-27-24(31)29-25-28-21-14-19(13-20(22(21)33-25)18-9-6-12-26-15-18)16-7-4-5-8-17(11-10-16)23(30)32-2/h5-7,9-15H,3-4H2,1-2H3,(H2,27,28,29,31). The third kappa shape index (κ3) is 5.09. The molecular formula is C25H22N4O3S. The number of ether oxygens (including phenoxy) is 1. The summed E-state index contributed by atoms with van der Waals surface area (Å²) in [5.41, 5.74) is 7.87. The number of amides is 2. The number of methoxy groups -OCH3 is 1. The summed E-state index contributed by atoms with van der Waals surface area (Å²) in [7, 11) is 1.35. The van der Waals surface area contributed by atoms with Gasteiger partial charge in [0.05, 0.1) is 17.3 Å². The van der Waals surface area contributed by atoms with Crippen molar-refractivity contribution in [2.45, 2.75) is 13.3 Å². The van der Waals surface area contributed by atoms with E-state index >= 15 is 0 Å². The highest BCUT2D eigenvalue weighted by atomic mass is 32.1. The fraction of sp³-hybridized carbons (Fsp3) is 0.160. The summed E-state index contributed by atoms with van der Waals surface area (Å²) in [4.78, 5) is 32.9. The minimum absolute atomic E-state index is 0.292. The molecule has 1 aliphatic rings. The number of hydrogen-bond donors (Lipinski definition) is 2. The van der Waals surface area contributed by atoms with Crippen LogP contribution in [0.15, 0.2) is 72.3 Å². The topological polar surface area (TPSA) is 93.2 Å². The van der Waals surface area contributed by atoms with Crippen LogP contribution in [0.25, 0.3) is 26.9 Å². The largest absolute Gasteiger partial charge is 0.465 e. The zero-order valence-corrected chi connectivity index (χ0v) is 19.0. The van der Waals surface area contributed by atoms with Crippen LogP contribution in [-0.4, -0.2) is 35.6 Å². The first-order valence-electron chi connectivity index (χ1n) is 10.4. The second kappa shape index (κ2) is 10.1. The smallest absolute Gasteiger partial charge is 0.345 e. The van der Waals surface area contributed by atoms with Crippen molar-refractivity contribution < 1.29 is 14.3 Å². The van der Waals surface area contributed by atoms with Crippen molar-refractivity contribution in [3.05, 3.63) is 77.8 Å². The van der Waals surface area contributed by atoms with E-state index in [2.05, 4.69) is 38.5 Å². The van der Waals surface area contributed by atoms with Crippen LogP contribution >= 0.6 is 11.3 Å². The van der Waals surface area contributed by atoms with E-state index in [1.807, 2.05) is 31.2 Å². The van der Waals surface area contributed by atoms with Crippen LogP contribution in [0.5, 0.6) is 0 Å². The molecule has 7 nitrogen and oxygen atoms in total. The monoisotopic (exact) mass is 458 g/mol. The Morgan fingerprint density at radius 2 is 2.12 bits per heavy atom. The van der Waals surface area contributed by atoms with Gasteiger partial charge in [0.1, 0.15) is 5.57 Å². The third-order valence-corrected chi connectivity index (χ3v) is 5.92. The minimum Gasteiger partial charge on any atom is -0.465 e. The van der Waals surface area contributed by atoms with Gasteiger partial charge in [-0.15, -0.1) is 5.73 Å². The average molecular weight is 459 g/mol. The van der Waals surface area contributed by atoms with Crippen molar-refractivity contribution in [2.75, 3.05) is 19.0 Å². The molecule has 0 radical (unpaired) electrons. The van der Waals surface area contributed by atoms with E-state index in [9.17, 15) is 9.59 Å². The molecule has 0 saturated heterocycles. The van der Waals surface area contributed by atoms with E-state index in [0.29, 0.717) is 23.7 Å². The molecule has 0 unspecified atom stereocenters. The summed E-state index contributed by atoms with van der Waals surface area (Å²) >= 11 is 1.41. The Kier molecular flexibility index (Phi) is 6.78. The van der Waals surface area contributed by atoms with Crippen molar-refractivity contribution in [3.8, 4) is 11.1 Å². The fourth-order valence-corrected chi connectivity index (χ4v) is 4.36. The van der Waals surface area contributed by atoms with E-state index in [4.69, 9.17) is 4.74 Å². The molecule has 2 N–H and O–H groups in total. The predicted octanol–water partition coefficient (Wildman–Crippen LogP) is 5.10. The maximum Gasteiger partial charge on any atom is 0.345 e. The summed E-state index contributed by atoms with van der Waals surface area (Å²) in [5, 5.41) is 6.03. The van der Waals surface area contributed by atoms with Crippen molar-refractivity contribution in [2.24, 2.45) is 0 Å². The zero-order chi connectivity index (χ0) is 23.2. The number of nitrogens with zero attached hydrogens (tertiary/aromatic N) is 2. The second-order valence-corrected chi connectivity index (χ2v) is 8.10. The molecule has 2 heterocycles. The van der Waals surface area contributed by atoms with Gasteiger partial charge in [0.2, 0.25) is 0 Å². The molecule has 0 fully saturated rings. The van der Waals surface area contributed by atoms with E-state index in [1.54, 1.807) is 24.5 Å². The van der Waals surface area contributed by atoms with Crippen LogP contribution in [0.2, 0.25) is 0 Å². The molecule has 0 bridgehead atoms. The highest BCUT2D eigenvalue weighted by Gasteiger charge is 2.15. The van der Waals surface area contributed by atoms with Crippen LogP contribution < -0.4 is 10.6 Å². The van der Waals surface area contributed by atoms with Gasteiger partial charge in [-0.05, 0) is 54.8 Å². The Morgan fingerprint density at radius 3 is 2.88 bits per heavy atom. The quantitative estimate of drug-likeness (QED) is 0.410. The highest BCUT2D eigenvalue weighted by molar-refractivity contribution is 7.22. The summed E-state index contributed by atoms with van der Waals surface area (Å²) in [5.74, 6) is -0.434. The number of hydrogen-bond acceptors (Lipinski definition) is 6. The Labute approximate surface area is 195 Å². The van der Waals surface area contributed by atoms with Gasteiger partial charge in [-0.3, -0.25) is 10.3 Å². The van der Waals surface area contributed by atoms with Gasteiger partial charge in [0.25, 0.3) is 0 Å². The predicted molar refractivity (Wildman–Crippen MR) is 131 cm³/mol. The lowest BCUT2D eigenvalue weighted by atomic mass is 9.97. The third-order valence-electron chi connectivity index (χ3n) is 4.90. The van der Waals surface area contributed by atoms with E-state index in [1.165, 1.54) is 18.4 Å². The van der Waals surface area contributed by atoms with Crippen molar-refractivity contribution in [1.29, 1.82) is 0 Å². The lowest BCUT2D eigenvalue weighted by molar-refractivity contribution is -0.135. The number of aromatic nitrogens is 2.